The molecule has 0 spiro atoms. The second-order valence-corrected chi connectivity index (χ2v) is 7.93. The summed E-state index contributed by atoms with van der Waals surface area (Å²) >= 11 is 1.69. The molecule has 1 aromatic heterocycles. The van der Waals surface area contributed by atoms with E-state index in [1.165, 1.54) is 4.88 Å². The highest BCUT2D eigenvalue weighted by Gasteiger charge is 2.31. The van der Waals surface area contributed by atoms with Crippen LogP contribution in [0.2, 0.25) is 0 Å². The zero-order valence-electron chi connectivity index (χ0n) is 14.7. The Kier molecular flexibility index (Phi) is 6.79. The summed E-state index contributed by atoms with van der Waals surface area (Å²) < 4.78 is 5.72. The molecule has 1 aromatic rings. The highest BCUT2D eigenvalue weighted by atomic mass is 32.1. The molecule has 5 nitrogen and oxygen atoms in total. The number of nitriles is 1. The molecule has 1 fully saturated rings. The van der Waals surface area contributed by atoms with Gasteiger partial charge in [0.2, 0.25) is 5.91 Å². The van der Waals surface area contributed by atoms with Crippen LogP contribution in [0.25, 0.3) is 0 Å². The lowest BCUT2D eigenvalue weighted by atomic mass is 9.90. The van der Waals surface area contributed by atoms with Gasteiger partial charge in [0, 0.05) is 24.6 Å². The van der Waals surface area contributed by atoms with Crippen molar-refractivity contribution in [2.75, 3.05) is 19.7 Å². The molecular weight excluding hydrogens is 322 g/mol. The summed E-state index contributed by atoms with van der Waals surface area (Å²) in [5, 5.41) is 14.3. The van der Waals surface area contributed by atoms with Crippen molar-refractivity contribution in [3.8, 4) is 6.07 Å². The fraction of sp³-hybridized carbons (Fsp3) is 0.667. The van der Waals surface area contributed by atoms with Crippen molar-refractivity contribution in [2.24, 2.45) is 5.92 Å². The van der Waals surface area contributed by atoms with Crippen molar-refractivity contribution in [1.82, 2.24) is 10.2 Å². The van der Waals surface area contributed by atoms with Crippen molar-refractivity contribution in [3.63, 3.8) is 0 Å². The molecule has 6 heteroatoms. The quantitative estimate of drug-likeness (QED) is 0.784. The summed E-state index contributed by atoms with van der Waals surface area (Å²) in [6, 6.07) is 6.33. The maximum absolute atomic E-state index is 12.5. The Hall–Kier alpha value is -1.42. The minimum absolute atomic E-state index is 0.0513. The van der Waals surface area contributed by atoms with E-state index in [0.717, 1.165) is 32.5 Å². The van der Waals surface area contributed by atoms with Crippen LogP contribution in [0.5, 0.6) is 0 Å². The molecule has 0 bridgehead atoms. The third kappa shape index (κ3) is 5.30. The lowest BCUT2D eigenvalue weighted by Gasteiger charge is -2.30. The zero-order valence-corrected chi connectivity index (χ0v) is 15.6. The number of nitrogens with zero attached hydrogens (tertiary/aromatic N) is 2. The van der Waals surface area contributed by atoms with Gasteiger partial charge in [0.1, 0.15) is 5.54 Å². The van der Waals surface area contributed by atoms with Crippen molar-refractivity contribution < 1.29 is 9.53 Å². The van der Waals surface area contributed by atoms with Crippen molar-refractivity contribution in [2.45, 2.75) is 51.8 Å². The Bertz CT molecular complexity index is 561. The van der Waals surface area contributed by atoms with E-state index >= 15 is 0 Å². The van der Waals surface area contributed by atoms with Gasteiger partial charge in [0.15, 0.2) is 0 Å². The van der Waals surface area contributed by atoms with Gasteiger partial charge in [-0.1, -0.05) is 19.9 Å². The van der Waals surface area contributed by atoms with Crippen LogP contribution < -0.4 is 5.32 Å². The molecule has 2 rings (SSSR count). The van der Waals surface area contributed by atoms with Crippen molar-refractivity contribution in [1.29, 1.82) is 5.26 Å². The van der Waals surface area contributed by atoms with Gasteiger partial charge in [-0.25, -0.2) is 0 Å². The molecule has 0 radical (unpaired) electrons. The molecule has 0 aliphatic carbocycles. The number of carbonyl (C=O) groups is 1. The van der Waals surface area contributed by atoms with Crippen LogP contribution in [0.15, 0.2) is 17.5 Å². The Labute approximate surface area is 148 Å². The van der Waals surface area contributed by atoms with Crippen LogP contribution in [-0.4, -0.2) is 42.1 Å². The Morgan fingerprint density at radius 2 is 2.42 bits per heavy atom. The summed E-state index contributed by atoms with van der Waals surface area (Å²) in [7, 11) is 0. The molecule has 1 N–H and O–H groups in total. The van der Waals surface area contributed by atoms with Crippen LogP contribution in [0.4, 0.5) is 0 Å². The van der Waals surface area contributed by atoms with Crippen LogP contribution in [-0.2, 0) is 16.1 Å². The topological polar surface area (TPSA) is 65.4 Å². The minimum atomic E-state index is -0.838. The van der Waals surface area contributed by atoms with Gasteiger partial charge >= 0.3 is 0 Å². The summed E-state index contributed by atoms with van der Waals surface area (Å²) in [5.74, 6) is -0.0577. The lowest BCUT2D eigenvalue weighted by Crippen LogP contribution is -2.52. The van der Waals surface area contributed by atoms with E-state index in [1.54, 1.807) is 18.3 Å². The Morgan fingerprint density at radius 1 is 1.62 bits per heavy atom. The monoisotopic (exact) mass is 349 g/mol. The Morgan fingerprint density at radius 3 is 2.96 bits per heavy atom. The summed E-state index contributed by atoms with van der Waals surface area (Å²) in [5.41, 5.74) is -0.838. The van der Waals surface area contributed by atoms with E-state index in [4.69, 9.17) is 4.74 Å². The highest BCUT2D eigenvalue weighted by molar-refractivity contribution is 7.09. The Balaban J connectivity index is 1.98. The number of hydrogen-bond acceptors (Lipinski definition) is 5. The first-order chi connectivity index (χ1) is 11.4. The van der Waals surface area contributed by atoms with Gasteiger partial charge in [-0.15, -0.1) is 11.3 Å². The molecule has 2 atom stereocenters. The predicted octanol–water partition coefficient (Wildman–Crippen LogP) is 2.78. The van der Waals surface area contributed by atoms with Crippen molar-refractivity contribution >= 4 is 17.2 Å². The van der Waals surface area contributed by atoms with Crippen LogP contribution in [0.3, 0.4) is 0 Å². The lowest BCUT2D eigenvalue weighted by molar-refractivity contribution is -0.124. The van der Waals surface area contributed by atoms with E-state index in [9.17, 15) is 10.1 Å². The van der Waals surface area contributed by atoms with Crippen LogP contribution in [0.1, 0.15) is 38.5 Å². The first kappa shape index (κ1) is 18.9. The van der Waals surface area contributed by atoms with Gasteiger partial charge < -0.3 is 10.1 Å². The summed E-state index contributed by atoms with van der Waals surface area (Å²) in [6.45, 7) is 8.23. The standard InChI is InChI=1S/C18H27N3O2S/c1-14(2)18(3,13-19)20-17(22)12-21(10-15-6-4-8-23-15)11-16-7-5-9-24-16/h5,7,9,14-15H,4,6,8,10-12H2,1-3H3,(H,20,22). The number of nitrogens with one attached hydrogen (secondary N) is 1. The second-order valence-electron chi connectivity index (χ2n) is 6.90. The number of hydrogen-bond donors (Lipinski definition) is 1. The number of amides is 1. The van der Waals surface area contributed by atoms with Gasteiger partial charge in [-0.2, -0.15) is 5.26 Å². The molecule has 1 saturated heterocycles. The van der Waals surface area contributed by atoms with E-state index in [2.05, 4.69) is 22.4 Å². The average Bonchev–Trinajstić information content (AvgIpc) is 3.20. The van der Waals surface area contributed by atoms with Crippen molar-refractivity contribution in [3.05, 3.63) is 22.4 Å². The first-order valence-electron chi connectivity index (χ1n) is 8.51. The molecule has 2 unspecified atom stereocenters. The molecule has 0 saturated carbocycles. The average molecular weight is 350 g/mol. The fourth-order valence-corrected chi connectivity index (χ4v) is 3.46. The number of rotatable bonds is 8. The largest absolute Gasteiger partial charge is 0.377 e. The molecule has 1 aliphatic heterocycles. The smallest absolute Gasteiger partial charge is 0.235 e. The molecule has 2 heterocycles. The summed E-state index contributed by atoms with van der Waals surface area (Å²) in [6.07, 6.45) is 2.33. The van der Waals surface area contributed by atoms with Crippen LogP contribution in [0, 0.1) is 17.2 Å². The van der Waals surface area contributed by atoms with Gasteiger partial charge in [0.05, 0.1) is 18.7 Å². The van der Waals surface area contributed by atoms with E-state index in [0.29, 0.717) is 0 Å². The third-order valence-corrected chi connectivity index (χ3v) is 5.46. The highest BCUT2D eigenvalue weighted by Crippen LogP contribution is 2.18. The maximum Gasteiger partial charge on any atom is 0.235 e. The van der Waals surface area contributed by atoms with Gasteiger partial charge in [-0.05, 0) is 37.1 Å². The summed E-state index contributed by atoms with van der Waals surface area (Å²) in [4.78, 5) is 15.8. The molecule has 1 amide bonds. The van der Waals surface area contributed by atoms with E-state index < -0.39 is 5.54 Å². The minimum Gasteiger partial charge on any atom is -0.377 e. The van der Waals surface area contributed by atoms with Gasteiger partial charge in [0.25, 0.3) is 0 Å². The number of thiophene rings is 1. The second kappa shape index (κ2) is 8.61. The first-order valence-corrected chi connectivity index (χ1v) is 9.39. The fourth-order valence-electron chi connectivity index (χ4n) is 2.72. The number of carbonyl (C=O) groups excluding carboxylic acids is 1. The molecule has 0 aromatic carbocycles. The molecule has 132 valence electrons. The SMILES string of the molecule is CC(C)C(C)(C#N)NC(=O)CN(Cc1cccs1)CC1CCCO1. The molecule has 1 aliphatic rings. The van der Waals surface area contributed by atoms with E-state index in [-0.39, 0.29) is 24.5 Å². The van der Waals surface area contributed by atoms with Crippen LogP contribution >= 0.6 is 11.3 Å². The maximum atomic E-state index is 12.5. The van der Waals surface area contributed by atoms with Gasteiger partial charge in [-0.3, -0.25) is 9.69 Å². The normalized spacial score (nSPS) is 20.1. The predicted molar refractivity (Wildman–Crippen MR) is 95.6 cm³/mol. The third-order valence-electron chi connectivity index (χ3n) is 4.60. The molecular formula is C18H27N3O2S. The van der Waals surface area contributed by atoms with E-state index in [1.807, 2.05) is 25.3 Å². The number of ether oxygens (including phenoxy) is 1. The zero-order chi connectivity index (χ0) is 17.6. The molecule has 24 heavy (non-hydrogen) atoms.